The first-order chi connectivity index (χ1) is 20.3. The van der Waals surface area contributed by atoms with Crippen molar-refractivity contribution in [2.24, 2.45) is 16.3 Å². The molecular formula is C36H44F5NOSi. The number of alkyl halides is 4. The third-order valence-electron chi connectivity index (χ3n) is 10.0. The molecule has 0 spiro atoms. The van der Waals surface area contributed by atoms with Crippen LogP contribution in [0.4, 0.5) is 22.0 Å². The lowest BCUT2D eigenvalue weighted by Gasteiger charge is -2.52. The van der Waals surface area contributed by atoms with E-state index < -0.39 is 37.8 Å². The van der Waals surface area contributed by atoms with Gasteiger partial charge in [-0.1, -0.05) is 77.8 Å². The lowest BCUT2D eigenvalue weighted by Crippen LogP contribution is -2.54. The fraction of sp³-hybridized carbons (Fsp3) is 0.528. The quantitative estimate of drug-likeness (QED) is 0.230. The Labute approximate surface area is 259 Å². The number of hydrogen-bond acceptors (Lipinski definition) is 2. The van der Waals surface area contributed by atoms with Gasteiger partial charge in [0.1, 0.15) is 5.82 Å². The van der Waals surface area contributed by atoms with Crippen molar-refractivity contribution >= 4 is 19.6 Å². The maximum Gasteiger partial charge on any atom is 0.416 e. The third-order valence-corrected chi connectivity index (χ3v) is 14.5. The molecule has 0 radical (unpaired) electrons. The minimum atomic E-state index is -4.52. The van der Waals surface area contributed by atoms with Crippen molar-refractivity contribution in [1.82, 2.24) is 0 Å². The molecule has 1 fully saturated rings. The third kappa shape index (κ3) is 6.26. The van der Waals surface area contributed by atoms with Gasteiger partial charge in [0.15, 0.2) is 20.2 Å². The molecule has 1 aliphatic heterocycles. The molecule has 44 heavy (non-hydrogen) atoms. The highest BCUT2D eigenvalue weighted by atomic mass is 28.4. The van der Waals surface area contributed by atoms with Crippen LogP contribution < -0.4 is 0 Å². The fourth-order valence-electron chi connectivity index (χ4n) is 6.67. The second-order valence-electron chi connectivity index (χ2n) is 15.1. The van der Waals surface area contributed by atoms with Crippen LogP contribution in [0.25, 0.3) is 5.57 Å². The number of nitrogens with zero attached hydrogens (tertiary/aromatic N) is 1. The van der Waals surface area contributed by atoms with Crippen molar-refractivity contribution < 1.29 is 26.4 Å². The molecule has 3 aliphatic rings. The van der Waals surface area contributed by atoms with Gasteiger partial charge >= 0.3 is 6.18 Å². The summed E-state index contributed by atoms with van der Waals surface area (Å²) in [4.78, 5) is 5.50. The van der Waals surface area contributed by atoms with Gasteiger partial charge in [-0.05, 0) is 83.8 Å². The van der Waals surface area contributed by atoms with Crippen LogP contribution >= 0.6 is 0 Å². The van der Waals surface area contributed by atoms with Gasteiger partial charge in [0, 0.05) is 29.2 Å². The van der Waals surface area contributed by atoms with E-state index in [0.29, 0.717) is 35.3 Å². The minimum absolute atomic E-state index is 0.0142. The average Bonchev–Trinajstić information content (AvgIpc) is 3.45. The van der Waals surface area contributed by atoms with Crippen LogP contribution in [-0.2, 0) is 10.6 Å². The van der Waals surface area contributed by atoms with Gasteiger partial charge in [-0.2, -0.15) is 13.2 Å². The van der Waals surface area contributed by atoms with Crippen LogP contribution in [0.2, 0.25) is 18.1 Å². The summed E-state index contributed by atoms with van der Waals surface area (Å²) in [5.41, 5.74) is 1.16. The summed E-state index contributed by atoms with van der Waals surface area (Å²) in [7, 11) is -2.45. The fourth-order valence-corrected chi connectivity index (χ4v) is 8.05. The molecule has 2 aromatic carbocycles. The lowest BCUT2D eigenvalue weighted by molar-refractivity contribution is -0.137. The summed E-state index contributed by atoms with van der Waals surface area (Å²) >= 11 is 0. The molecule has 5 rings (SSSR count). The standard InChI is InChI=1S/C36H44F5NOSi/c1-33(2,3)44(6,7)43-35-22-34(4,5)21-20-28(35)29(23-14-18-27(37)19-15-23)30(32(42-35)25-10-8-9-11-25)31(38)24-12-16-26(17-13-24)36(39,40)41/h12-20,25,31H,8-11,21-22H2,1-7H3. The monoisotopic (exact) mass is 629 g/mol. The number of allylic oxidation sites excluding steroid dienone is 2. The van der Waals surface area contributed by atoms with E-state index in [1.165, 1.54) is 24.3 Å². The Bertz CT molecular complexity index is 1470. The summed E-state index contributed by atoms with van der Waals surface area (Å²) < 4.78 is 79.0. The normalized spacial score (nSPS) is 23.7. The Morgan fingerprint density at radius 1 is 0.932 bits per heavy atom. The summed E-state index contributed by atoms with van der Waals surface area (Å²) in [5.74, 6) is -0.418. The smallest absolute Gasteiger partial charge is 0.390 e. The Morgan fingerprint density at radius 3 is 2.07 bits per heavy atom. The topological polar surface area (TPSA) is 21.6 Å². The molecule has 0 N–H and O–H groups in total. The lowest BCUT2D eigenvalue weighted by atomic mass is 9.67. The van der Waals surface area contributed by atoms with Crippen LogP contribution in [0.15, 0.2) is 70.7 Å². The van der Waals surface area contributed by atoms with Crippen LogP contribution in [-0.4, -0.2) is 19.8 Å². The molecule has 2 aromatic rings. The second-order valence-corrected chi connectivity index (χ2v) is 19.8. The zero-order chi connectivity index (χ0) is 32.3. The van der Waals surface area contributed by atoms with Crippen molar-refractivity contribution in [2.45, 2.75) is 109 Å². The molecule has 0 amide bonds. The highest BCUT2D eigenvalue weighted by Crippen LogP contribution is 2.57. The van der Waals surface area contributed by atoms with Crippen molar-refractivity contribution in [1.29, 1.82) is 0 Å². The molecule has 2 atom stereocenters. The first kappa shape index (κ1) is 32.8. The zero-order valence-electron chi connectivity index (χ0n) is 26.8. The van der Waals surface area contributed by atoms with Gasteiger partial charge < -0.3 is 4.43 Å². The van der Waals surface area contributed by atoms with E-state index in [1.54, 1.807) is 12.1 Å². The first-order valence-corrected chi connectivity index (χ1v) is 18.6. The number of fused-ring (bicyclic) bond motifs is 1. The largest absolute Gasteiger partial charge is 0.416 e. The molecule has 1 saturated carbocycles. The number of rotatable bonds is 6. The molecule has 238 valence electrons. The van der Waals surface area contributed by atoms with Gasteiger partial charge in [-0.3, -0.25) is 4.99 Å². The van der Waals surface area contributed by atoms with E-state index in [2.05, 4.69) is 53.8 Å². The summed E-state index contributed by atoms with van der Waals surface area (Å²) in [6, 6.07) is 10.4. The van der Waals surface area contributed by atoms with Crippen LogP contribution in [0.1, 0.15) is 96.0 Å². The molecule has 0 saturated heterocycles. The van der Waals surface area contributed by atoms with Crippen molar-refractivity contribution in [3.63, 3.8) is 0 Å². The Morgan fingerprint density at radius 2 is 1.52 bits per heavy atom. The van der Waals surface area contributed by atoms with E-state index in [9.17, 15) is 17.6 Å². The molecule has 0 aromatic heterocycles. The van der Waals surface area contributed by atoms with Gasteiger partial charge in [0.05, 0.1) is 5.56 Å². The van der Waals surface area contributed by atoms with Gasteiger partial charge in [0.25, 0.3) is 0 Å². The Hall–Kier alpha value is -2.58. The van der Waals surface area contributed by atoms with E-state index in [1.807, 2.05) is 0 Å². The highest BCUT2D eigenvalue weighted by molar-refractivity contribution is 6.74. The van der Waals surface area contributed by atoms with E-state index in [4.69, 9.17) is 9.42 Å². The number of benzene rings is 2. The molecule has 2 nitrogen and oxygen atoms in total. The SMILES string of the molecule is CC1(C)CC=C2C(c3ccc(F)cc3)=C(C(F)c3ccc(C(F)(F)F)cc3)C(C3CCCC3)=NC2(O[Si](C)(C)C(C)(C)C)C1. The van der Waals surface area contributed by atoms with Gasteiger partial charge in [-0.25, -0.2) is 8.78 Å². The molecule has 8 heteroatoms. The van der Waals surface area contributed by atoms with Crippen molar-refractivity contribution in [3.8, 4) is 0 Å². The molecule has 1 heterocycles. The summed E-state index contributed by atoms with van der Waals surface area (Å²) in [6.07, 6.45) is 0.842. The van der Waals surface area contributed by atoms with E-state index in [-0.39, 0.29) is 21.9 Å². The molecule has 0 bridgehead atoms. The van der Waals surface area contributed by atoms with Crippen molar-refractivity contribution in [3.05, 3.63) is 88.3 Å². The predicted octanol–water partition coefficient (Wildman–Crippen LogP) is 11.4. The summed E-state index contributed by atoms with van der Waals surface area (Å²) in [6.45, 7) is 15.3. The first-order valence-electron chi connectivity index (χ1n) is 15.7. The molecular weight excluding hydrogens is 585 g/mol. The Kier molecular flexibility index (Phi) is 8.45. The maximum atomic E-state index is 17.2. The molecule has 2 unspecified atom stereocenters. The molecule has 2 aliphatic carbocycles. The average molecular weight is 630 g/mol. The Balaban J connectivity index is 1.81. The van der Waals surface area contributed by atoms with E-state index in [0.717, 1.165) is 43.4 Å². The van der Waals surface area contributed by atoms with Crippen LogP contribution in [0.3, 0.4) is 0 Å². The minimum Gasteiger partial charge on any atom is -0.390 e. The maximum absolute atomic E-state index is 17.2. The number of dihydropyridines is 1. The number of aliphatic imine (C=N–C) groups is 1. The van der Waals surface area contributed by atoms with Crippen LogP contribution in [0, 0.1) is 17.2 Å². The van der Waals surface area contributed by atoms with Crippen LogP contribution in [0.5, 0.6) is 0 Å². The number of hydrogen-bond donors (Lipinski definition) is 0. The van der Waals surface area contributed by atoms with Gasteiger partial charge in [0.2, 0.25) is 0 Å². The summed E-state index contributed by atoms with van der Waals surface area (Å²) in [5, 5.41) is -0.125. The van der Waals surface area contributed by atoms with Crippen molar-refractivity contribution in [2.75, 3.05) is 0 Å². The zero-order valence-corrected chi connectivity index (χ0v) is 27.8. The number of halogens is 5. The highest BCUT2D eigenvalue weighted by Gasteiger charge is 2.54. The van der Waals surface area contributed by atoms with E-state index >= 15 is 4.39 Å². The predicted molar refractivity (Wildman–Crippen MR) is 170 cm³/mol. The second kappa shape index (κ2) is 11.3. The van der Waals surface area contributed by atoms with Gasteiger partial charge in [-0.15, -0.1) is 0 Å².